The Hall–Kier alpha value is -3.39. The van der Waals surface area contributed by atoms with E-state index < -0.39 is 0 Å². The first-order chi connectivity index (χ1) is 12.7. The van der Waals surface area contributed by atoms with Crippen LogP contribution in [0.2, 0.25) is 0 Å². The molecule has 0 radical (unpaired) electrons. The van der Waals surface area contributed by atoms with Crippen molar-refractivity contribution in [2.45, 2.75) is 0 Å². The molecule has 26 heavy (non-hydrogen) atoms. The largest absolute Gasteiger partial charge is 0.482 e. The molecule has 0 atom stereocenters. The zero-order valence-electron chi connectivity index (χ0n) is 13.4. The van der Waals surface area contributed by atoms with Crippen molar-refractivity contribution in [3.05, 3.63) is 48.0 Å². The van der Waals surface area contributed by atoms with Crippen molar-refractivity contribution >= 4 is 44.7 Å². The number of nitrogens with zero attached hydrogens (tertiary/aromatic N) is 2. The molecule has 1 aliphatic heterocycles. The molecule has 8 heteroatoms. The van der Waals surface area contributed by atoms with Gasteiger partial charge in [-0.1, -0.05) is 0 Å². The predicted octanol–water partition coefficient (Wildman–Crippen LogP) is 3.76. The minimum atomic E-state index is -0.148. The second-order valence-electron chi connectivity index (χ2n) is 5.88. The molecule has 1 amide bonds. The van der Waals surface area contributed by atoms with E-state index in [9.17, 15) is 4.79 Å². The molecule has 3 N–H and O–H groups in total. The second-order valence-corrected chi connectivity index (χ2v) is 6.74. The summed E-state index contributed by atoms with van der Waals surface area (Å²) in [6.07, 6.45) is 1.79. The lowest BCUT2D eigenvalue weighted by atomic mass is 10.1. The van der Waals surface area contributed by atoms with Crippen LogP contribution in [-0.4, -0.2) is 27.7 Å². The van der Waals surface area contributed by atoms with E-state index in [0.29, 0.717) is 11.4 Å². The fraction of sp³-hybridized carbons (Fsp3) is 0.0556. The number of fused-ring (bicyclic) bond motifs is 2. The zero-order chi connectivity index (χ0) is 17.5. The molecule has 4 aromatic rings. The molecule has 0 aliphatic carbocycles. The first-order valence-electron chi connectivity index (χ1n) is 7.97. The first-order valence-corrected chi connectivity index (χ1v) is 8.85. The van der Waals surface area contributed by atoms with E-state index in [1.807, 2.05) is 41.8 Å². The number of rotatable bonds is 3. The number of benzene rings is 2. The lowest BCUT2D eigenvalue weighted by molar-refractivity contribution is -0.118. The summed E-state index contributed by atoms with van der Waals surface area (Å²) in [6, 6.07) is 11.6. The maximum absolute atomic E-state index is 11.5. The van der Waals surface area contributed by atoms with Gasteiger partial charge in [0, 0.05) is 22.0 Å². The van der Waals surface area contributed by atoms with Crippen LogP contribution < -0.4 is 15.4 Å². The summed E-state index contributed by atoms with van der Waals surface area (Å²) in [6.45, 7) is 0.0537. The fourth-order valence-electron chi connectivity index (χ4n) is 2.85. The van der Waals surface area contributed by atoms with Gasteiger partial charge in [-0.3, -0.25) is 9.89 Å². The van der Waals surface area contributed by atoms with E-state index in [2.05, 4.69) is 25.8 Å². The van der Waals surface area contributed by atoms with Crippen LogP contribution in [0.3, 0.4) is 0 Å². The van der Waals surface area contributed by atoms with Gasteiger partial charge in [-0.2, -0.15) is 5.10 Å². The van der Waals surface area contributed by atoms with Crippen LogP contribution in [0, 0.1) is 0 Å². The van der Waals surface area contributed by atoms with Gasteiger partial charge < -0.3 is 15.4 Å². The van der Waals surface area contributed by atoms with Crippen molar-refractivity contribution in [3.8, 4) is 17.0 Å². The Morgan fingerprint density at radius 3 is 3.12 bits per heavy atom. The van der Waals surface area contributed by atoms with Crippen molar-refractivity contribution in [3.63, 3.8) is 0 Å². The predicted molar refractivity (Wildman–Crippen MR) is 101 cm³/mol. The number of anilines is 3. The highest BCUT2D eigenvalue weighted by atomic mass is 32.1. The molecule has 5 rings (SSSR count). The smallest absolute Gasteiger partial charge is 0.262 e. The molecule has 0 saturated heterocycles. The number of carbonyl (C=O) groups is 1. The van der Waals surface area contributed by atoms with E-state index >= 15 is 0 Å². The van der Waals surface area contributed by atoms with E-state index in [0.717, 1.165) is 33.0 Å². The van der Waals surface area contributed by atoms with Crippen molar-refractivity contribution in [2.75, 3.05) is 17.2 Å². The van der Waals surface area contributed by atoms with Crippen LogP contribution >= 0.6 is 11.3 Å². The van der Waals surface area contributed by atoms with Gasteiger partial charge in [0.2, 0.25) is 0 Å². The molecule has 0 saturated carbocycles. The molecule has 7 nitrogen and oxygen atoms in total. The molecule has 1 aliphatic rings. The quantitative estimate of drug-likeness (QED) is 0.515. The van der Waals surface area contributed by atoms with Crippen LogP contribution in [0.25, 0.3) is 22.2 Å². The number of hydrogen-bond donors (Lipinski definition) is 3. The Bertz CT molecular complexity index is 1130. The number of ether oxygens (including phenoxy) is 1. The number of carbonyl (C=O) groups excluding carboxylic acids is 1. The van der Waals surface area contributed by atoms with Crippen molar-refractivity contribution < 1.29 is 9.53 Å². The summed E-state index contributed by atoms with van der Waals surface area (Å²) < 4.78 is 5.39. The molecule has 0 unspecified atom stereocenters. The summed E-state index contributed by atoms with van der Waals surface area (Å²) in [5, 5.41) is 16.9. The van der Waals surface area contributed by atoms with Crippen LogP contribution in [0.15, 0.2) is 48.0 Å². The Morgan fingerprint density at radius 2 is 2.15 bits per heavy atom. The van der Waals surface area contributed by atoms with E-state index in [4.69, 9.17) is 4.74 Å². The molecule has 2 aromatic heterocycles. The van der Waals surface area contributed by atoms with Gasteiger partial charge in [0.25, 0.3) is 5.91 Å². The lowest BCUT2D eigenvalue weighted by Crippen LogP contribution is -2.25. The molecule has 128 valence electrons. The summed E-state index contributed by atoms with van der Waals surface area (Å²) in [7, 11) is 0. The maximum Gasteiger partial charge on any atom is 0.262 e. The van der Waals surface area contributed by atoms with Gasteiger partial charge in [-0.15, -0.1) is 11.3 Å². The second kappa shape index (κ2) is 5.85. The molecular formula is C18H13N5O2S. The van der Waals surface area contributed by atoms with Gasteiger partial charge in [0.1, 0.15) is 5.75 Å². The minimum absolute atomic E-state index is 0.0537. The highest BCUT2D eigenvalue weighted by Crippen LogP contribution is 2.34. The topological polar surface area (TPSA) is 91.9 Å². The van der Waals surface area contributed by atoms with Crippen LogP contribution in [0.4, 0.5) is 16.5 Å². The molecule has 0 spiro atoms. The third kappa shape index (κ3) is 2.66. The molecule has 3 heterocycles. The average Bonchev–Trinajstić information content (AvgIpc) is 3.30. The highest BCUT2D eigenvalue weighted by molar-refractivity contribution is 7.14. The number of nitrogens with one attached hydrogen (secondary N) is 3. The number of aromatic amines is 1. The van der Waals surface area contributed by atoms with E-state index in [-0.39, 0.29) is 12.5 Å². The number of H-pyrrole nitrogens is 1. The molecule has 0 bridgehead atoms. The van der Waals surface area contributed by atoms with Gasteiger partial charge in [0.15, 0.2) is 11.7 Å². The Labute approximate surface area is 152 Å². The standard InChI is InChI=1S/C18H13N5O2S/c24-17-8-25-16-4-1-10(6-14(16)21-17)15-9-26-18(22-15)20-12-2-3-13-11(5-12)7-19-23-13/h1-7,9H,8H2,(H,19,23)(H,20,22)(H,21,24). The molecule has 2 aromatic carbocycles. The Morgan fingerprint density at radius 1 is 1.19 bits per heavy atom. The fourth-order valence-corrected chi connectivity index (χ4v) is 3.59. The third-order valence-electron chi connectivity index (χ3n) is 4.10. The van der Waals surface area contributed by atoms with Crippen LogP contribution in [0.5, 0.6) is 5.75 Å². The van der Waals surface area contributed by atoms with Crippen molar-refractivity contribution in [1.29, 1.82) is 0 Å². The Balaban J connectivity index is 1.41. The van der Waals surface area contributed by atoms with E-state index in [1.165, 1.54) is 11.3 Å². The summed E-state index contributed by atoms with van der Waals surface area (Å²) in [5.74, 6) is 0.528. The highest BCUT2D eigenvalue weighted by Gasteiger charge is 2.17. The number of aromatic nitrogens is 3. The third-order valence-corrected chi connectivity index (χ3v) is 4.86. The van der Waals surface area contributed by atoms with Gasteiger partial charge >= 0.3 is 0 Å². The van der Waals surface area contributed by atoms with Crippen molar-refractivity contribution in [2.24, 2.45) is 0 Å². The normalized spacial score (nSPS) is 13.2. The Kier molecular flexibility index (Phi) is 3.36. The SMILES string of the molecule is O=C1COc2ccc(-c3csc(Nc4ccc5[nH]ncc5c4)n3)cc2N1. The summed E-state index contributed by atoms with van der Waals surface area (Å²) in [4.78, 5) is 16.1. The zero-order valence-corrected chi connectivity index (χ0v) is 14.3. The van der Waals surface area contributed by atoms with E-state index in [1.54, 1.807) is 6.20 Å². The molecule has 0 fully saturated rings. The number of thiazole rings is 1. The lowest BCUT2D eigenvalue weighted by Gasteiger charge is -2.18. The first kappa shape index (κ1) is 14.9. The summed E-state index contributed by atoms with van der Waals surface area (Å²) in [5.41, 5.74) is 4.37. The van der Waals surface area contributed by atoms with Gasteiger partial charge in [0.05, 0.1) is 23.1 Å². The summed E-state index contributed by atoms with van der Waals surface area (Å²) >= 11 is 1.52. The maximum atomic E-state index is 11.5. The number of amides is 1. The monoisotopic (exact) mass is 363 g/mol. The van der Waals surface area contributed by atoms with Crippen LogP contribution in [0.1, 0.15) is 0 Å². The number of hydrogen-bond acceptors (Lipinski definition) is 6. The average molecular weight is 363 g/mol. The van der Waals surface area contributed by atoms with Gasteiger partial charge in [-0.25, -0.2) is 4.98 Å². The molecular weight excluding hydrogens is 350 g/mol. The van der Waals surface area contributed by atoms with Gasteiger partial charge in [-0.05, 0) is 36.4 Å². The minimum Gasteiger partial charge on any atom is -0.482 e. The van der Waals surface area contributed by atoms with Crippen LogP contribution in [-0.2, 0) is 4.79 Å². The van der Waals surface area contributed by atoms with Crippen molar-refractivity contribution in [1.82, 2.24) is 15.2 Å².